The first kappa shape index (κ1) is 22.6. The van der Waals surface area contributed by atoms with Gasteiger partial charge in [0.25, 0.3) is 0 Å². The van der Waals surface area contributed by atoms with Gasteiger partial charge >= 0.3 is 0 Å². The molecular weight excluding hydrogens is 473 g/mol. The van der Waals surface area contributed by atoms with Gasteiger partial charge < -0.3 is 10.6 Å². The standard InChI is InChI=1S/C15H27N5O2S2.HI/c1-12-13(2)23-14(19-12)4-5-17-15(16-3)18-6-7-20-8-10-24(21,22)11-9-20;/h4-11H2,1-3H3,(H2,16,17,18);1H. The molecule has 0 amide bonds. The van der Waals surface area contributed by atoms with Gasteiger partial charge in [-0.25, -0.2) is 13.4 Å². The highest BCUT2D eigenvalue weighted by Crippen LogP contribution is 2.16. The Balaban J connectivity index is 0.00000312. The Kier molecular flexibility index (Phi) is 9.60. The van der Waals surface area contributed by atoms with Gasteiger partial charge in [0.1, 0.15) is 0 Å². The van der Waals surface area contributed by atoms with E-state index in [0.717, 1.165) is 42.7 Å². The van der Waals surface area contributed by atoms with Crippen LogP contribution in [0.4, 0.5) is 0 Å². The van der Waals surface area contributed by atoms with Crippen LogP contribution in [0.15, 0.2) is 4.99 Å². The molecule has 0 saturated carbocycles. The summed E-state index contributed by atoms with van der Waals surface area (Å²) in [5.74, 6) is 1.31. The molecule has 0 radical (unpaired) electrons. The van der Waals surface area contributed by atoms with E-state index in [2.05, 4.69) is 32.4 Å². The van der Waals surface area contributed by atoms with Crippen LogP contribution in [0.5, 0.6) is 0 Å². The molecule has 1 fully saturated rings. The summed E-state index contributed by atoms with van der Waals surface area (Å²) in [5, 5.41) is 7.70. The molecule has 0 aromatic carbocycles. The van der Waals surface area contributed by atoms with Crippen LogP contribution in [0, 0.1) is 13.8 Å². The second-order valence-corrected chi connectivity index (χ2v) is 9.51. The highest BCUT2D eigenvalue weighted by molar-refractivity contribution is 14.0. The van der Waals surface area contributed by atoms with Gasteiger partial charge in [0.05, 0.1) is 22.2 Å². The number of nitrogens with zero attached hydrogens (tertiary/aromatic N) is 3. The molecule has 0 spiro atoms. The Hall–Kier alpha value is -0.460. The molecule has 10 heteroatoms. The monoisotopic (exact) mass is 501 g/mol. The number of aliphatic imine (C=N–C) groups is 1. The molecule has 0 aliphatic carbocycles. The Morgan fingerprint density at radius 3 is 2.44 bits per heavy atom. The van der Waals surface area contributed by atoms with Crippen LogP contribution in [0.25, 0.3) is 0 Å². The number of aromatic nitrogens is 1. The van der Waals surface area contributed by atoms with Crippen LogP contribution in [-0.4, -0.2) is 75.5 Å². The summed E-state index contributed by atoms with van der Waals surface area (Å²) in [6.07, 6.45) is 0.879. The zero-order chi connectivity index (χ0) is 17.6. The van der Waals surface area contributed by atoms with E-state index in [0.29, 0.717) is 13.1 Å². The first-order valence-electron chi connectivity index (χ1n) is 8.20. The summed E-state index contributed by atoms with van der Waals surface area (Å²) in [4.78, 5) is 12.2. The van der Waals surface area contributed by atoms with Gasteiger partial charge in [-0.3, -0.25) is 9.89 Å². The van der Waals surface area contributed by atoms with Crippen LogP contribution in [-0.2, 0) is 16.3 Å². The van der Waals surface area contributed by atoms with E-state index in [9.17, 15) is 8.42 Å². The zero-order valence-electron chi connectivity index (χ0n) is 15.0. The van der Waals surface area contributed by atoms with Gasteiger partial charge in [0.2, 0.25) is 0 Å². The number of guanidine groups is 1. The van der Waals surface area contributed by atoms with Gasteiger partial charge in [0.15, 0.2) is 15.8 Å². The van der Waals surface area contributed by atoms with Crippen LogP contribution in [0.2, 0.25) is 0 Å². The molecular formula is C15H28IN5O2S2. The quantitative estimate of drug-likeness (QED) is 0.341. The number of nitrogens with one attached hydrogen (secondary N) is 2. The van der Waals surface area contributed by atoms with E-state index in [4.69, 9.17) is 0 Å². The summed E-state index contributed by atoms with van der Waals surface area (Å²) >= 11 is 1.74. The fourth-order valence-electron chi connectivity index (χ4n) is 2.46. The normalized spacial score (nSPS) is 17.8. The summed E-state index contributed by atoms with van der Waals surface area (Å²) in [7, 11) is -1.05. The van der Waals surface area contributed by atoms with Crippen molar-refractivity contribution >= 4 is 51.1 Å². The molecule has 0 atom stereocenters. The lowest BCUT2D eigenvalue weighted by molar-refractivity contribution is 0.299. The second-order valence-electron chi connectivity index (χ2n) is 5.92. The molecule has 2 heterocycles. The minimum Gasteiger partial charge on any atom is -0.356 e. The van der Waals surface area contributed by atoms with Gasteiger partial charge in [-0.05, 0) is 13.8 Å². The van der Waals surface area contributed by atoms with Crippen molar-refractivity contribution in [1.82, 2.24) is 20.5 Å². The molecule has 1 aromatic rings. The summed E-state index contributed by atoms with van der Waals surface area (Å²) in [6.45, 7) is 7.73. The van der Waals surface area contributed by atoms with E-state index < -0.39 is 9.84 Å². The average molecular weight is 501 g/mol. The van der Waals surface area contributed by atoms with Gasteiger partial charge in [-0.1, -0.05) is 0 Å². The van der Waals surface area contributed by atoms with E-state index >= 15 is 0 Å². The number of sulfone groups is 1. The molecule has 1 saturated heterocycles. The topological polar surface area (TPSA) is 86.7 Å². The molecule has 2 N–H and O–H groups in total. The number of thiazole rings is 1. The molecule has 1 aromatic heterocycles. The molecule has 0 bridgehead atoms. The third kappa shape index (κ3) is 7.75. The van der Waals surface area contributed by atoms with Crippen LogP contribution < -0.4 is 10.6 Å². The van der Waals surface area contributed by atoms with E-state index in [-0.39, 0.29) is 35.5 Å². The highest BCUT2D eigenvalue weighted by atomic mass is 127. The average Bonchev–Trinajstić information content (AvgIpc) is 2.85. The Labute approximate surface area is 171 Å². The molecule has 144 valence electrons. The summed E-state index contributed by atoms with van der Waals surface area (Å²) in [5.41, 5.74) is 1.11. The number of aryl methyl sites for hydroxylation is 2. The largest absolute Gasteiger partial charge is 0.356 e. The van der Waals surface area contributed by atoms with Crippen molar-refractivity contribution in [3.63, 3.8) is 0 Å². The maximum absolute atomic E-state index is 11.4. The first-order valence-corrected chi connectivity index (χ1v) is 10.8. The lowest BCUT2D eigenvalue weighted by Gasteiger charge is -2.26. The number of halogens is 1. The maximum atomic E-state index is 11.4. The predicted octanol–water partition coefficient (Wildman–Crippen LogP) is 0.816. The van der Waals surface area contributed by atoms with Crippen LogP contribution in [0.1, 0.15) is 15.6 Å². The number of hydrogen-bond acceptors (Lipinski definition) is 6. The molecule has 2 rings (SSSR count). The van der Waals surface area contributed by atoms with Crippen molar-refractivity contribution < 1.29 is 8.42 Å². The van der Waals surface area contributed by atoms with Crippen molar-refractivity contribution in [3.05, 3.63) is 15.6 Å². The minimum absolute atomic E-state index is 0. The Morgan fingerprint density at radius 2 is 1.88 bits per heavy atom. The van der Waals surface area contributed by atoms with E-state index in [1.54, 1.807) is 18.4 Å². The zero-order valence-corrected chi connectivity index (χ0v) is 19.0. The van der Waals surface area contributed by atoms with Gasteiger partial charge in [0, 0.05) is 51.1 Å². The number of rotatable bonds is 6. The minimum atomic E-state index is -2.80. The first-order chi connectivity index (χ1) is 11.4. The van der Waals surface area contributed by atoms with E-state index in [1.807, 2.05) is 6.92 Å². The maximum Gasteiger partial charge on any atom is 0.191 e. The summed E-state index contributed by atoms with van der Waals surface area (Å²) in [6, 6.07) is 0. The molecule has 0 unspecified atom stereocenters. The lowest BCUT2D eigenvalue weighted by Crippen LogP contribution is -2.46. The fourth-order valence-corrected chi connectivity index (χ4v) is 4.67. The molecule has 7 nitrogen and oxygen atoms in total. The van der Waals surface area contributed by atoms with Crippen molar-refractivity contribution in [2.45, 2.75) is 20.3 Å². The van der Waals surface area contributed by atoms with Crippen molar-refractivity contribution in [1.29, 1.82) is 0 Å². The molecule has 1 aliphatic rings. The fraction of sp³-hybridized carbons (Fsp3) is 0.733. The number of hydrogen-bond donors (Lipinski definition) is 2. The van der Waals surface area contributed by atoms with Crippen LogP contribution in [0.3, 0.4) is 0 Å². The highest BCUT2D eigenvalue weighted by Gasteiger charge is 2.20. The predicted molar refractivity (Wildman–Crippen MR) is 115 cm³/mol. The van der Waals surface area contributed by atoms with Crippen LogP contribution >= 0.6 is 35.3 Å². The van der Waals surface area contributed by atoms with Gasteiger partial charge in [-0.2, -0.15) is 0 Å². The lowest BCUT2D eigenvalue weighted by atomic mass is 10.4. The molecule has 1 aliphatic heterocycles. The van der Waals surface area contributed by atoms with Crippen molar-refractivity contribution in [2.75, 3.05) is 51.3 Å². The Bertz CT molecular complexity index is 642. The third-order valence-electron chi connectivity index (χ3n) is 4.09. The molecule has 25 heavy (non-hydrogen) atoms. The SMILES string of the molecule is CN=C(NCCc1nc(C)c(C)s1)NCCN1CCS(=O)(=O)CC1.I. The third-order valence-corrected chi connectivity index (χ3v) is 6.83. The second kappa shape index (κ2) is 10.6. The van der Waals surface area contributed by atoms with E-state index in [1.165, 1.54) is 4.88 Å². The smallest absolute Gasteiger partial charge is 0.191 e. The van der Waals surface area contributed by atoms with Crippen molar-refractivity contribution in [3.8, 4) is 0 Å². The Morgan fingerprint density at radius 1 is 1.24 bits per heavy atom. The van der Waals surface area contributed by atoms with Crippen molar-refractivity contribution in [2.24, 2.45) is 4.99 Å². The van der Waals surface area contributed by atoms with Gasteiger partial charge in [-0.15, -0.1) is 35.3 Å². The summed E-state index contributed by atoms with van der Waals surface area (Å²) < 4.78 is 22.8.